The Labute approximate surface area is 156 Å². The minimum absolute atomic E-state index is 0.0264. The van der Waals surface area contributed by atoms with Gasteiger partial charge in [0.05, 0.1) is 25.6 Å². The Morgan fingerprint density at radius 3 is 2.48 bits per heavy atom. The number of nitro benzene ring substituents is 1. The highest BCUT2D eigenvalue weighted by molar-refractivity contribution is 6.46. The number of amides is 1. The molecule has 1 N–H and O–H groups in total. The van der Waals surface area contributed by atoms with E-state index in [1.807, 2.05) is 0 Å². The maximum Gasteiger partial charge on any atom is 0.341 e. The van der Waals surface area contributed by atoms with Crippen LogP contribution < -0.4 is 5.32 Å². The quantitative estimate of drug-likeness (QED) is 0.346. The number of nitrogens with one attached hydrogen (secondary N) is 1. The molecular weight excluding hydrogens is 395 g/mol. The largest absolute Gasteiger partial charge is 0.452 e. The van der Waals surface area contributed by atoms with E-state index >= 15 is 0 Å². The maximum atomic E-state index is 12.0. The summed E-state index contributed by atoms with van der Waals surface area (Å²) in [5, 5.41) is 13.1. The van der Waals surface area contributed by atoms with E-state index in [1.165, 1.54) is 36.4 Å². The molecule has 2 aromatic carbocycles. The Hall–Kier alpha value is -2.35. The molecule has 0 bridgehead atoms. The van der Waals surface area contributed by atoms with Crippen molar-refractivity contribution in [1.82, 2.24) is 0 Å². The maximum absolute atomic E-state index is 12.0. The van der Waals surface area contributed by atoms with Crippen molar-refractivity contribution in [1.29, 1.82) is 0 Å². The van der Waals surface area contributed by atoms with Crippen LogP contribution in [0.5, 0.6) is 0 Å². The van der Waals surface area contributed by atoms with Gasteiger partial charge in [0.15, 0.2) is 6.61 Å². The fraction of sp³-hybridized carbons (Fsp3) is 0.0667. The van der Waals surface area contributed by atoms with Crippen molar-refractivity contribution in [3.8, 4) is 0 Å². The van der Waals surface area contributed by atoms with Gasteiger partial charge in [-0.05, 0) is 18.2 Å². The summed E-state index contributed by atoms with van der Waals surface area (Å²) in [6, 6.07) is 8.10. The lowest BCUT2D eigenvalue weighted by Gasteiger charge is -2.09. The molecule has 0 saturated heterocycles. The highest BCUT2D eigenvalue weighted by atomic mass is 35.5. The molecule has 0 radical (unpaired) electrons. The summed E-state index contributed by atoms with van der Waals surface area (Å²) in [4.78, 5) is 33.9. The summed E-state index contributed by atoms with van der Waals surface area (Å²) in [5.74, 6) is -1.62. The molecule has 2 aromatic rings. The normalized spacial score (nSPS) is 10.2. The van der Waals surface area contributed by atoms with Crippen molar-refractivity contribution in [3.63, 3.8) is 0 Å². The third kappa shape index (κ3) is 4.82. The molecule has 0 aliphatic heterocycles. The molecule has 0 saturated carbocycles. The Morgan fingerprint density at radius 2 is 1.80 bits per heavy atom. The average Bonchev–Trinajstić information content (AvgIpc) is 2.57. The molecule has 10 heteroatoms. The summed E-state index contributed by atoms with van der Waals surface area (Å²) in [6.07, 6.45) is 0. The highest BCUT2D eigenvalue weighted by Gasteiger charge is 2.20. The lowest BCUT2D eigenvalue weighted by molar-refractivity contribution is -0.384. The molecule has 0 heterocycles. The van der Waals surface area contributed by atoms with Crippen molar-refractivity contribution < 1.29 is 19.2 Å². The molecule has 0 spiro atoms. The number of carbonyl (C=O) groups is 2. The van der Waals surface area contributed by atoms with Crippen molar-refractivity contribution in [2.45, 2.75) is 0 Å². The summed E-state index contributed by atoms with van der Waals surface area (Å²) in [5.41, 5.74) is -0.152. The SMILES string of the molecule is O=C(COC(=O)c1c(Cl)ccc(Cl)c1Cl)Nc1cccc([N+](=O)[O-])c1. The summed E-state index contributed by atoms with van der Waals surface area (Å²) >= 11 is 17.6. The van der Waals surface area contributed by atoms with Crippen molar-refractivity contribution >= 4 is 58.1 Å². The molecule has 130 valence electrons. The second-order valence-electron chi connectivity index (χ2n) is 4.65. The smallest absolute Gasteiger partial charge is 0.341 e. The van der Waals surface area contributed by atoms with Gasteiger partial charge in [0.1, 0.15) is 0 Å². The van der Waals surface area contributed by atoms with Gasteiger partial charge in [-0.2, -0.15) is 0 Å². The Balaban J connectivity index is 2.01. The van der Waals surface area contributed by atoms with Crippen LogP contribution in [0.2, 0.25) is 15.1 Å². The Kier molecular flexibility index (Phi) is 6.19. The third-order valence-electron chi connectivity index (χ3n) is 2.92. The number of anilines is 1. The molecule has 0 unspecified atom stereocenters. The van der Waals surface area contributed by atoms with E-state index in [2.05, 4.69) is 5.32 Å². The van der Waals surface area contributed by atoms with Crippen LogP contribution in [0.3, 0.4) is 0 Å². The predicted molar refractivity (Wildman–Crippen MR) is 93.5 cm³/mol. The summed E-state index contributed by atoms with van der Waals surface area (Å²) < 4.78 is 4.84. The number of hydrogen-bond acceptors (Lipinski definition) is 5. The first-order chi connectivity index (χ1) is 11.8. The monoisotopic (exact) mass is 402 g/mol. The predicted octanol–water partition coefficient (Wildman–Crippen LogP) is 4.35. The van der Waals surface area contributed by atoms with E-state index in [4.69, 9.17) is 39.5 Å². The van der Waals surface area contributed by atoms with E-state index in [-0.39, 0.29) is 32.0 Å². The fourth-order valence-corrected chi connectivity index (χ4v) is 2.49. The minimum atomic E-state index is -0.924. The molecular formula is C15H9Cl3N2O5. The first kappa shape index (κ1) is 19.0. The van der Waals surface area contributed by atoms with Crippen molar-refractivity contribution in [2.75, 3.05) is 11.9 Å². The average molecular weight is 404 g/mol. The van der Waals surface area contributed by atoms with Crippen LogP contribution in [0.1, 0.15) is 10.4 Å². The summed E-state index contributed by atoms with van der Waals surface area (Å²) in [6.45, 7) is -0.638. The van der Waals surface area contributed by atoms with Crippen molar-refractivity contribution in [3.05, 3.63) is 67.1 Å². The fourth-order valence-electron chi connectivity index (χ4n) is 1.81. The van der Waals surface area contributed by atoms with E-state index in [0.717, 1.165) is 0 Å². The second-order valence-corrected chi connectivity index (χ2v) is 5.84. The number of nitrogens with zero attached hydrogens (tertiary/aromatic N) is 1. The van der Waals surface area contributed by atoms with Crippen LogP contribution in [0.25, 0.3) is 0 Å². The van der Waals surface area contributed by atoms with Crippen LogP contribution >= 0.6 is 34.8 Å². The molecule has 25 heavy (non-hydrogen) atoms. The second kappa shape index (κ2) is 8.15. The van der Waals surface area contributed by atoms with Crippen LogP contribution in [-0.2, 0) is 9.53 Å². The highest BCUT2D eigenvalue weighted by Crippen LogP contribution is 2.31. The van der Waals surface area contributed by atoms with Crippen molar-refractivity contribution in [2.24, 2.45) is 0 Å². The van der Waals surface area contributed by atoms with Crippen LogP contribution in [0.15, 0.2) is 36.4 Å². The molecule has 2 rings (SSSR count). The molecule has 0 atom stereocenters. The van der Waals surface area contributed by atoms with Gasteiger partial charge in [-0.1, -0.05) is 40.9 Å². The van der Waals surface area contributed by atoms with Gasteiger partial charge in [-0.3, -0.25) is 14.9 Å². The zero-order valence-corrected chi connectivity index (χ0v) is 14.6. The van der Waals surface area contributed by atoms with Gasteiger partial charge >= 0.3 is 5.97 Å². The molecule has 0 aliphatic rings. The Bertz CT molecular complexity index is 857. The molecule has 7 nitrogen and oxygen atoms in total. The number of esters is 1. The van der Waals surface area contributed by atoms with Crippen LogP contribution in [0.4, 0.5) is 11.4 Å². The van der Waals surface area contributed by atoms with Gasteiger partial charge in [0.2, 0.25) is 0 Å². The lowest BCUT2D eigenvalue weighted by Crippen LogP contribution is -2.21. The van der Waals surface area contributed by atoms with Gasteiger partial charge in [-0.15, -0.1) is 0 Å². The van der Waals surface area contributed by atoms with E-state index in [0.29, 0.717) is 0 Å². The Morgan fingerprint density at radius 1 is 1.12 bits per heavy atom. The van der Waals surface area contributed by atoms with E-state index < -0.39 is 23.4 Å². The van der Waals surface area contributed by atoms with E-state index in [1.54, 1.807) is 0 Å². The van der Waals surface area contributed by atoms with Gasteiger partial charge in [0.25, 0.3) is 11.6 Å². The number of rotatable bonds is 5. The summed E-state index contributed by atoms with van der Waals surface area (Å²) in [7, 11) is 0. The zero-order chi connectivity index (χ0) is 18.6. The molecule has 0 aliphatic carbocycles. The number of ether oxygens (including phenoxy) is 1. The third-order valence-corrected chi connectivity index (χ3v) is 4.04. The number of carbonyl (C=O) groups excluding carboxylic acids is 2. The number of non-ortho nitro benzene ring substituents is 1. The lowest BCUT2D eigenvalue weighted by atomic mass is 10.2. The molecule has 0 fully saturated rings. The zero-order valence-electron chi connectivity index (χ0n) is 12.3. The van der Waals surface area contributed by atoms with Gasteiger partial charge < -0.3 is 10.1 Å². The van der Waals surface area contributed by atoms with E-state index in [9.17, 15) is 19.7 Å². The number of halogens is 3. The number of nitro groups is 1. The number of benzene rings is 2. The minimum Gasteiger partial charge on any atom is -0.452 e. The first-order valence-corrected chi connectivity index (χ1v) is 7.78. The molecule has 0 aromatic heterocycles. The standard InChI is InChI=1S/C15H9Cl3N2O5/c16-10-4-5-11(17)14(18)13(10)15(22)25-7-12(21)19-8-2-1-3-9(6-8)20(23)24/h1-6H,7H2,(H,19,21). The van der Waals surface area contributed by atoms with Crippen LogP contribution in [0, 0.1) is 10.1 Å². The topological polar surface area (TPSA) is 98.5 Å². The van der Waals surface area contributed by atoms with Crippen LogP contribution in [-0.4, -0.2) is 23.4 Å². The number of hydrogen-bond donors (Lipinski definition) is 1. The first-order valence-electron chi connectivity index (χ1n) is 6.64. The van der Waals surface area contributed by atoms with Gasteiger partial charge in [0, 0.05) is 17.8 Å². The van der Waals surface area contributed by atoms with Gasteiger partial charge in [-0.25, -0.2) is 4.79 Å². The molecule has 1 amide bonds.